The summed E-state index contributed by atoms with van der Waals surface area (Å²) in [7, 11) is -1.49. The number of rotatable bonds is 8. The number of halogens is 1. The molecule has 0 unspecified atom stereocenters. The maximum absolute atomic E-state index is 9.85. The molecule has 2 aromatic heterocycles. The lowest BCUT2D eigenvalue weighted by Gasteiger charge is -2.30. The number of hydrogen-bond acceptors (Lipinski definition) is 4. The number of fused-ring (bicyclic) bond motifs is 20. The molecule has 0 atom stereocenters. The average Bonchev–Trinajstić information content (AvgIpc) is 1.52. The summed E-state index contributed by atoms with van der Waals surface area (Å²) in [6.07, 6.45) is 0. The van der Waals surface area contributed by atoms with E-state index in [-0.39, 0.29) is 12.8 Å². The van der Waals surface area contributed by atoms with Gasteiger partial charge in [-0.2, -0.15) is 0 Å². The normalized spacial score (nSPS) is 12.7. The van der Waals surface area contributed by atoms with E-state index in [0.717, 1.165) is 71.8 Å². The number of benzene rings is 14. The van der Waals surface area contributed by atoms with Gasteiger partial charge in [-0.25, -0.2) is 9.97 Å². The molecule has 0 bridgehead atoms. The molecule has 0 aliphatic heterocycles. The lowest BCUT2D eigenvalue weighted by atomic mass is 9.68. The molecule has 6 heteroatoms. The molecule has 20 rings (SSSR count). The van der Waals surface area contributed by atoms with Gasteiger partial charge in [-0.05, 0) is 176 Å². The predicted octanol–water partition coefficient (Wildman–Crippen LogP) is 23.3. The van der Waals surface area contributed by atoms with Crippen molar-refractivity contribution in [3.63, 3.8) is 0 Å². The lowest BCUT2D eigenvalue weighted by Crippen LogP contribution is -2.32. The molecule has 14 aromatic carbocycles. The molecule has 0 amide bonds. The molecule has 0 saturated heterocycles. The van der Waals surface area contributed by atoms with Crippen LogP contribution >= 0.6 is 15.9 Å². The summed E-state index contributed by atoms with van der Waals surface area (Å²) in [5, 5.41) is 19.7. The Morgan fingerprint density at radius 2 is 0.476 bits per heavy atom. The Hall–Kier alpha value is -12.2. The highest BCUT2D eigenvalue weighted by Crippen LogP contribution is 2.64. The fourth-order valence-electron chi connectivity index (χ4n) is 16.5. The summed E-state index contributed by atoms with van der Waals surface area (Å²) in [4.78, 5) is 10.0. The molecular formula is C97H68BBrN2O2. The number of aromatic nitrogens is 2. The summed E-state index contributed by atoms with van der Waals surface area (Å²) in [6, 6.07) is 133. The maximum atomic E-state index is 9.85. The fraction of sp³-hybridized carbons (Fsp3) is 0.0309. The summed E-state index contributed by atoms with van der Waals surface area (Å²) >= 11 is 3.57. The Balaban J connectivity index is 0.000000124. The van der Waals surface area contributed by atoms with Crippen molar-refractivity contribution in [3.8, 4) is 123 Å². The van der Waals surface area contributed by atoms with E-state index in [1.807, 2.05) is 60.7 Å². The van der Waals surface area contributed by atoms with Crippen molar-refractivity contribution in [2.75, 3.05) is 0 Å². The smallest absolute Gasteiger partial charge is 0.423 e. The van der Waals surface area contributed by atoms with Crippen LogP contribution in [0.5, 0.6) is 0 Å². The van der Waals surface area contributed by atoms with Crippen molar-refractivity contribution in [3.05, 3.63) is 425 Å². The summed E-state index contributed by atoms with van der Waals surface area (Å²) in [5.41, 5.74) is 35.7. The fourth-order valence-corrected chi connectivity index (χ4v) is 16.9. The first-order valence-corrected chi connectivity index (χ1v) is 35.5. The first-order valence-electron chi connectivity index (χ1n) is 34.7. The largest absolute Gasteiger partial charge is 0.488 e. The molecule has 2 N–H and O–H groups in total. The third kappa shape index (κ3) is 10.9. The van der Waals surface area contributed by atoms with Crippen molar-refractivity contribution in [1.29, 1.82) is 0 Å². The van der Waals surface area contributed by atoms with Gasteiger partial charge in [0, 0.05) is 26.7 Å². The molecule has 4 nitrogen and oxygen atoms in total. The van der Waals surface area contributed by atoms with Gasteiger partial charge in [-0.1, -0.05) is 351 Å². The van der Waals surface area contributed by atoms with Crippen molar-refractivity contribution >= 4 is 28.5 Å². The lowest BCUT2D eigenvalue weighted by molar-refractivity contribution is 0.425. The summed E-state index contributed by atoms with van der Waals surface area (Å²) in [6.45, 7) is 0. The Morgan fingerprint density at radius 3 is 0.816 bits per heavy atom. The van der Waals surface area contributed by atoms with Crippen LogP contribution in [0.1, 0.15) is 51.9 Å². The van der Waals surface area contributed by atoms with Crippen LogP contribution in [-0.2, 0) is 10.8 Å². The van der Waals surface area contributed by atoms with Crippen LogP contribution in [-0.4, -0.2) is 27.1 Å². The standard InChI is InChI=1S/C48H31N.C25H17BO2.C23H16BrN.CH4/c1-3-14-32(15-4-1)46-30-37(31-47(49-46)33-16-5-2-6-17-33)35-19-13-18-34(28-35)36-26-27-41-40-22-9-12-25-44(40)48(45(41)29-36)42-23-10-7-20-38(42)39-21-8-11-24-43(39)48;27-26(28)16-13-14-20-19-9-3-6-12-23(19)25(24(20)15-16)21-10-4-1-7-17(21)18-8-2-5-11-22(18)25;24-21-13-7-12-19(14-21)20-15-22(17-8-3-1-4-9-17)25-23(16-20)18-10-5-2-6-11-18;/h1-31H;1-15,27-28H;1-16H;1H4. The highest BCUT2D eigenvalue weighted by atomic mass is 79.9. The molecule has 103 heavy (non-hydrogen) atoms. The van der Waals surface area contributed by atoms with Crippen LogP contribution < -0.4 is 5.46 Å². The topological polar surface area (TPSA) is 66.2 Å². The van der Waals surface area contributed by atoms with Crippen LogP contribution in [0.4, 0.5) is 0 Å². The second kappa shape index (κ2) is 26.7. The highest BCUT2D eigenvalue weighted by molar-refractivity contribution is 9.10. The van der Waals surface area contributed by atoms with Gasteiger partial charge in [0.1, 0.15) is 0 Å². The molecule has 16 aromatic rings. The number of hydrogen-bond donors (Lipinski definition) is 2. The third-order valence-electron chi connectivity index (χ3n) is 20.9. The van der Waals surface area contributed by atoms with Crippen molar-refractivity contribution < 1.29 is 10.0 Å². The first-order chi connectivity index (χ1) is 50.3. The third-order valence-corrected chi connectivity index (χ3v) is 21.4. The van der Waals surface area contributed by atoms with Crippen molar-refractivity contribution in [1.82, 2.24) is 9.97 Å². The minimum atomic E-state index is -1.49. The van der Waals surface area contributed by atoms with E-state index < -0.39 is 12.5 Å². The van der Waals surface area contributed by atoms with Gasteiger partial charge in [-0.15, -0.1) is 0 Å². The molecule has 0 radical (unpaired) electrons. The van der Waals surface area contributed by atoms with Gasteiger partial charge in [0.05, 0.1) is 33.6 Å². The van der Waals surface area contributed by atoms with E-state index in [9.17, 15) is 10.0 Å². The minimum Gasteiger partial charge on any atom is -0.423 e. The zero-order chi connectivity index (χ0) is 68.3. The average molecular weight is 1380 g/mol. The second-order valence-corrected chi connectivity index (χ2v) is 27.4. The molecular weight excluding hydrogens is 1320 g/mol. The second-order valence-electron chi connectivity index (χ2n) is 26.5. The number of pyridine rings is 2. The Morgan fingerprint density at radius 1 is 0.214 bits per heavy atom. The van der Waals surface area contributed by atoms with E-state index in [2.05, 4.69) is 331 Å². The number of nitrogens with zero attached hydrogens (tertiary/aromatic N) is 2. The van der Waals surface area contributed by atoms with Crippen LogP contribution in [0.15, 0.2) is 381 Å². The molecule has 488 valence electrons. The zero-order valence-corrected chi connectivity index (χ0v) is 57.1. The van der Waals surface area contributed by atoms with Crippen LogP contribution in [0, 0.1) is 0 Å². The summed E-state index contributed by atoms with van der Waals surface area (Å²) < 4.78 is 1.07. The molecule has 2 spiro atoms. The van der Waals surface area contributed by atoms with Crippen LogP contribution in [0.25, 0.3) is 123 Å². The van der Waals surface area contributed by atoms with Crippen LogP contribution in [0.3, 0.4) is 0 Å². The first kappa shape index (κ1) is 64.2. The molecule has 4 aliphatic rings. The van der Waals surface area contributed by atoms with E-state index in [0.29, 0.717) is 5.46 Å². The van der Waals surface area contributed by atoms with E-state index in [1.165, 1.54) is 100 Å². The SMILES string of the molecule is Brc1cccc(-c2cc(-c3ccccc3)nc(-c3ccccc3)c2)c1.C.OB(O)c1ccc2c(c1)C1(c3ccccc3-c3ccccc31)c1ccccc1-2.c1ccc(-c2cc(-c3cccc(-c4ccc5c(c4)C4(c6ccccc6-c6ccccc64)c4ccccc4-5)c3)cc(-c3ccccc3)n2)cc1. The maximum Gasteiger partial charge on any atom is 0.488 e. The summed E-state index contributed by atoms with van der Waals surface area (Å²) in [5.74, 6) is 0. The Kier molecular flexibility index (Phi) is 16.7. The van der Waals surface area contributed by atoms with Gasteiger partial charge in [-0.3, -0.25) is 0 Å². The van der Waals surface area contributed by atoms with Gasteiger partial charge in [0.2, 0.25) is 0 Å². The van der Waals surface area contributed by atoms with E-state index >= 15 is 0 Å². The van der Waals surface area contributed by atoms with Crippen molar-refractivity contribution in [2.24, 2.45) is 0 Å². The quantitative estimate of drug-likeness (QED) is 0.149. The van der Waals surface area contributed by atoms with Gasteiger partial charge >= 0.3 is 7.12 Å². The monoisotopic (exact) mass is 1380 g/mol. The van der Waals surface area contributed by atoms with Gasteiger partial charge in [0.15, 0.2) is 0 Å². The molecule has 4 aliphatic carbocycles. The van der Waals surface area contributed by atoms with E-state index in [4.69, 9.17) is 9.97 Å². The molecule has 0 fully saturated rings. The van der Waals surface area contributed by atoms with Gasteiger partial charge in [0.25, 0.3) is 0 Å². The van der Waals surface area contributed by atoms with E-state index in [1.54, 1.807) is 0 Å². The predicted molar refractivity (Wildman–Crippen MR) is 430 cm³/mol. The minimum absolute atomic E-state index is 0. The Bertz CT molecular complexity index is 5660. The van der Waals surface area contributed by atoms with Crippen molar-refractivity contribution in [2.45, 2.75) is 18.3 Å². The Labute approximate surface area is 610 Å². The van der Waals surface area contributed by atoms with Gasteiger partial charge < -0.3 is 10.0 Å². The molecule has 0 saturated carbocycles. The zero-order valence-electron chi connectivity index (χ0n) is 55.5. The highest BCUT2D eigenvalue weighted by Gasteiger charge is 2.53. The van der Waals surface area contributed by atoms with Crippen LogP contribution in [0.2, 0.25) is 0 Å². The molecule has 2 heterocycles.